The van der Waals surface area contributed by atoms with Crippen molar-refractivity contribution >= 4 is 55.9 Å². The van der Waals surface area contributed by atoms with Crippen LogP contribution in [0.4, 0.5) is 34.1 Å². The molecule has 0 spiro atoms. The molecular formula is C59H57N5. The Kier molecular flexibility index (Phi) is 9.98. The van der Waals surface area contributed by atoms with E-state index < -0.39 is 5.41 Å². The van der Waals surface area contributed by atoms with E-state index >= 15 is 0 Å². The molecule has 0 unspecified atom stereocenters. The Bertz CT molecular complexity index is 3080. The van der Waals surface area contributed by atoms with Crippen molar-refractivity contribution in [3.8, 4) is 5.82 Å². The van der Waals surface area contributed by atoms with Gasteiger partial charge < -0.3 is 14.7 Å². The minimum atomic E-state index is -0.395. The molecule has 0 bridgehead atoms. The van der Waals surface area contributed by atoms with Crippen LogP contribution in [0, 0.1) is 0 Å². The van der Waals surface area contributed by atoms with Crippen LogP contribution in [0.3, 0.4) is 0 Å². The lowest BCUT2D eigenvalue weighted by Crippen LogP contribution is -2.25. The molecule has 0 N–H and O–H groups in total. The van der Waals surface area contributed by atoms with Gasteiger partial charge in [-0.1, -0.05) is 151 Å². The second-order valence-corrected chi connectivity index (χ2v) is 19.6. The Hall–Kier alpha value is -7.11. The van der Waals surface area contributed by atoms with Crippen molar-refractivity contribution in [2.75, 3.05) is 28.4 Å². The maximum Gasteiger partial charge on any atom is 0.137 e. The number of benzene rings is 7. The van der Waals surface area contributed by atoms with E-state index in [1.165, 1.54) is 55.7 Å². The topological polar surface area (TPSA) is 27.5 Å². The zero-order valence-electron chi connectivity index (χ0n) is 38.3. The molecule has 0 saturated carbocycles. The van der Waals surface area contributed by atoms with Gasteiger partial charge in [0.2, 0.25) is 0 Å². The van der Waals surface area contributed by atoms with Crippen LogP contribution in [0.15, 0.2) is 188 Å². The summed E-state index contributed by atoms with van der Waals surface area (Å²) in [4.78, 5) is 12.3. The third kappa shape index (κ3) is 7.10. The van der Waals surface area contributed by atoms with E-state index in [0.717, 1.165) is 40.6 Å². The zero-order valence-corrected chi connectivity index (χ0v) is 38.3. The summed E-state index contributed by atoms with van der Waals surface area (Å²) < 4.78 is 2.34. The number of fused-ring (bicyclic) bond motifs is 4. The Labute approximate surface area is 378 Å². The minimum absolute atomic E-state index is 0.0257. The molecule has 0 fully saturated rings. The van der Waals surface area contributed by atoms with Crippen LogP contribution in [0.5, 0.6) is 0 Å². The van der Waals surface area contributed by atoms with Crippen LogP contribution in [0.2, 0.25) is 0 Å². The van der Waals surface area contributed by atoms with E-state index in [-0.39, 0.29) is 10.8 Å². The highest BCUT2D eigenvalue weighted by atomic mass is 15.4. The molecule has 3 heterocycles. The molecule has 9 aromatic rings. The number of aromatic nitrogens is 2. The van der Waals surface area contributed by atoms with Gasteiger partial charge in [0.15, 0.2) is 0 Å². The number of hydrogen-bond donors (Lipinski definition) is 0. The predicted octanol–water partition coefficient (Wildman–Crippen LogP) is 15.1. The third-order valence-corrected chi connectivity index (χ3v) is 13.5. The lowest BCUT2D eigenvalue weighted by molar-refractivity contribution is 0.568. The van der Waals surface area contributed by atoms with E-state index in [0.29, 0.717) is 0 Å². The van der Waals surface area contributed by atoms with Gasteiger partial charge in [-0.2, -0.15) is 0 Å². The van der Waals surface area contributed by atoms with Gasteiger partial charge in [-0.15, -0.1) is 0 Å². The zero-order chi connectivity index (χ0) is 44.4. The van der Waals surface area contributed by atoms with Gasteiger partial charge in [-0.25, -0.2) is 4.98 Å². The fourth-order valence-corrected chi connectivity index (χ4v) is 9.62. The maximum absolute atomic E-state index is 5.09. The van der Waals surface area contributed by atoms with E-state index in [9.17, 15) is 0 Å². The molecule has 0 atom stereocenters. The molecule has 64 heavy (non-hydrogen) atoms. The monoisotopic (exact) mass is 835 g/mol. The van der Waals surface area contributed by atoms with Crippen LogP contribution in [-0.2, 0) is 16.2 Å². The predicted molar refractivity (Wildman–Crippen MR) is 271 cm³/mol. The van der Waals surface area contributed by atoms with Crippen molar-refractivity contribution in [2.24, 2.45) is 0 Å². The number of para-hydroxylation sites is 3. The summed E-state index contributed by atoms with van der Waals surface area (Å²) in [7, 11) is 2.17. The highest BCUT2D eigenvalue weighted by molar-refractivity contribution is 6.10. The van der Waals surface area contributed by atoms with Gasteiger partial charge in [-0.3, -0.25) is 4.57 Å². The normalized spacial score (nSPS) is 13.2. The SMILES string of the molecule is CN(c1cccc(N2CN(c3cc(C(C)(C)C)cc(C(C)(C)C)c3)c3ccccc32)c1)c1ccc2c3ccccc3n(-c3cc(C(C)(c4ccccc4)c4ccccc4)ccn3)c2c1. The summed E-state index contributed by atoms with van der Waals surface area (Å²) in [5, 5.41) is 2.40. The van der Waals surface area contributed by atoms with Crippen LogP contribution >= 0.6 is 0 Å². The van der Waals surface area contributed by atoms with Crippen molar-refractivity contribution in [3.05, 3.63) is 216 Å². The average Bonchev–Trinajstić information content (AvgIpc) is 3.87. The summed E-state index contributed by atoms with van der Waals surface area (Å²) in [6.07, 6.45) is 1.97. The molecule has 1 aliphatic rings. The third-order valence-electron chi connectivity index (χ3n) is 13.5. The van der Waals surface area contributed by atoms with E-state index in [4.69, 9.17) is 4.98 Å². The summed E-state index contributed by atoms with van der Waals surface area (Å²) in [6, 6.07) is 66.6. The van der Waals surface area contributed by atoms with Crippen molar-refractivity contribution in [2.45, 2.75) is 64.7 Å². The quantitative estimate of drug-likeness (QED) is 0.152. The molecule has 7 aromatic carbocycles. The molecule has 0 saturated heterocycles. The Morgan fingerprint density at radius 1 is 0.438 bits per heavy atom. The fraction of sp³-hybridized carbons (Fsp3) is 0.203. The van der Waals surface area contributed by atoms with E-state index in [2.05, 4.69) is 257 Å². The standard InChI is InChI=1S/C59H57N5/c1-57(2,3)44-34-45(58(4,5)6)36-49(35-44)63-40-62(53-28-17-18-29-54(53)63)48-25-19-24-46(38-48)61(8)47-30-31-51-50-26-15-16-27-52(50)64(55(51)39-47)56-37-43(32-33-60-56)59(7,41-20-11-9-12-21-41)42-22-13-10-14-23-42/h9-39H,40H2,1-8H3. The number of hydrogen-bond acceptors (Lipinski definition) is 4. The molecule has 0 radical (unpaired) electrons. The largest absolute Gasteiger partial charge is 0.344 e. The van der Waals surface area contributed by atoms with Gasteiger partial charge in [0, 0.05) is 52.2 Å². The Morgan fingerprint density at radius 3 is 1.64 bits per heavy atom. The van der Waals surface area contributed by atoms with E-state index in [1.807, 2.05) is 6.20 Å². The maximum atomic E-state index is 5.09. The number of anilines is 6. The van der Waals surface area contributed by atoms with Gasteiger partial charge in [0.25, 0.3) is 0 Å². The number of pyridine rings is 1. The molecule has 5 nitrogen and oxygen atoms in total. The van der Waals surface area contributed by atoms with Gasteiger partial charge in [0.1, 0.15) is 12.5 Å². The van der Waals surface area contributed by atoms with Crippen molar-refractivity contribution in [3.63, 3.8) is 0 Å². The fourth-order valence-electron chi connectivity index (χ4n) is 9.62. The van der Waals surface area contributed by atoms with Crippen LogP contribution in [-0.4, -0.2) is 23.3 Å². The first kappa shape index (κ1) is 40.9. The highest BCUT2D eigenvalue weighted by Gasteiger charge is 2.33. The summed E-state index contributed by atoms with van der Waals surface area (Å²) in [5.41, 5.74) is 15.3. The van der Waals surface area contributed by atoms with Crippen LogP contribution in [0.25, 0.3) is 27.6 Å². The molecule has 2 aromatic heterocycles. The Morgan fingerprint density at radius 2 is 1.00 bits per heavy atom. The first-order valence-electron chi connectivity index (χ1n) is 22.5. The molecular weight excluding hydrogens is 779 g/mol. The second-order valence-electron chi connectivity index (χ2n) is 19.6. The smallest absolute Gasteiger partial charge is 0.137 e. The van der Waals surface area contributed by atoms with Crippen molar-refractivity contribution in [1.82, 2.24) is 9.55 Å². The number of nitrogens with zero attached hydrogens (tertiary/aromatic N) is 5. The molecule has 10 rings (SSSR count). The average molecular weight is 836 g/mol. The van der Waals surface area contributed by atoms with Crippen molar-refractivity contribution in [1.29, 1.82) is 0 Å². The van der Waals surface area contributed by atoms with Crippen molar-refractivity contribution < 1.29 is 0 Å². The van der Waals surface area contributed by atoms with Gasteiger partial charge in [0.05, 0.1) is 22.4 Å². The summed E-state index contributed by atoms with van der Waals surface area (Å²) in [5.74, 6) is 0.892. The molecule has 318 valence electrons. The molecule has 5 heteroatoms. The summed E-state index contributed by atoms with van der Waals surface area (Å²) >= 11 is 0. The lowest BCUT2D eigenvalue weighted by atomic mass is 9.71. The van der Waals surface area contributed by atoms with Gasteiger partial charge in [-0.05, 0) is 118 Å². The first-order valence-corrected chi connectivity index (χ1v) is 22.5. The van der Waals surface area contributed by atoms with Gasteiger partial charge >= 0.3 is 0 Å². The molecule has 1 aliphatic heterocycles. The van der Waals surface area contributed by atoms with Crippen LogP contribution in [0.1, 0.15) is 76.3 Å². The lowest BCUT2D eigenvalue weighted by Gasteiger charge is -2.32. The highest BCUT2D eigenvalue weighted by Crippen LogP contribution is 2.47. The van der Waals surface area contributed by atoms with E-state index in [1.54, 1.807) is 0 Å². The minimum Gasteiger partial charge on any atom is -0.344 e. The summed E-state index contributed by atoms with van der Waals surface area (Å²) in [6.45, 7) is 16.9. The molecule has 0 aliphatic carbocycles. The second kappa shape index (κ2) is 15.6. The molecule has 0 amide bonds. The van der Waals surface area contributed by atoms with Crippen LogP contribution < -0.4 is 14.7 Å². The Balaban J connectivity index is 1.03. The first-order chi connectivity index (χ1) is 30.8. The number of rotatable bonds is 8.